The zero-order chi connectivity index (χ0) is 81.6. The Balaban J connectivity index is 0.000000170. The maximum Gasteiger partial charge on any atom is 0.425 e. The van der Waals surface area contributed by atoms with Crippen LogP contribution in [0.1, 0.15) is 149 Å². The lowest BCUT2D eigenvalue weighted by Crippen LogP contribution is -2.44. The molecule has 4 aliphatic rings. The average molecular weight is 1800 g/mol. The number of pyridine rings is 6. The van der Waals surface area contributed by atoms with Gasteiger partial charge in [-0.25, -0.2) is 52.7 Å². The molecule has 2 amide bonds. The number of ether oxygens (including phenoxy) is 5. The van der Waals surface area contributed by atoms with E-state index in [0.29, 0.717) is 59.3 Å². The lowest BCUT2D eigenvalue weighted by molar-refractivity contribution is 0.0426. The Labute approximate surface area is 704 Å². The summed E-state index contributed by atoms with van der Waals surface area (Å²) < 4.78 is 72.5. The third-order valence-electron chi connectivity index (χ3n) is 18.9. The minimum absolute atomic E-state index is 0.0268. The quantitative estimate of drug-likeness (QED) is 0.0602. The van der Waals surface area contributed by atoms with Crippen LogP contribution in [0, 0.1) is 17.5 Å². The van der Waals surface area contributed by atoms with Gasteiger partial charge in [-0.1, -0.05) is 81.7 Å². The number of hydrogen-bond donors (Lipinski definition) is 3. The minimum atomic E-state index is -1.04. The van der Waals surface area contributed by atoms with Crippen LogP contribution in [0.5, 0.6) is 17.2 Å². The van der Waals surface area contributed by atoms with Crippen molar-refractivity contribution in [2.45, 2.75) is 155 Å². The molecule has 3 atom stereocenters. The van der Waals surface area contributed by atoms with Gasteiger partial charge in [0.15, 0.2) is 34.7 Å². The van der Waals surface area contributed by atoms with Gasteiger partial charge in [-0.15, -0.1) is 0 Å². The lowest BCUT2D eigenvalue weighted by Gasteiger charge is -2.37. The number of nitrogens with two attached hydrogens (primary N) is 2. The van der Waals surface area contributed by atoms with Gasteiger partial charge in [0.1, 0.15) is 62.0 Å². The van der Waals surface area contributed by atoms with Gasteiger partial charge in [-0.2, -0.15) is 4.90 Å². The van der Waals surface area contributed by atoms with Crippen molar-refractivity contribution in [3.8, 4) is 50.6 Å². The first-order chi connectivity index (χ1) is 53.7. The molecule has 4 fully saturated rings. The highest BCUT2D eigenvalue weighted by Crippen LogP contribution is 2.43. The fraction of sp³-hybridized carbons (Fsp3) is 0.390. The number of likely N-dealkylation sites (tertiary alicyclic amines) is 2. The van der Waals surface area contributed by atoms with Crippen LogP contribution in [-0.2, 0) is 9.47 Å². The predicted octanol–water partition coefficient (Wildman–Crippen LogP) is 22.5. The van der Waals surface area contributed by atoms with Crippen LogP contribution in [0.2, 0.25) is 30.1 Å². The number of nitrogen functional groups attached to an aromatic ring is 2. The highest BCUT2D eigenvalue weighted by molar-refractivity contribution is 9.10. The predicted molar refractivity (Wildman–Crippen MR) is 451 cm³/mol. The third-order valence-corrected chi connectivity index (χ3v) is 22.0. The van der Waals surface area contributed by atoms with E-state index in [1.807, 2.05) is 24.4 Å². The van der Waals surface area contributed by atoms with E-state index in [1.165, 1.54) is 127 Å². The van der Waals surface area contributed by atoms with Crippen LogP contribution in [0.15, 0.2) is 137 Å². The normalized spacial score (nSPS) is 15.8. The summed E-state index contributed by atoms with van der Waals surface area (Å²) in [6, 6.07) is 25.9. The molecule has 13 rings (SSSR count). The fourth-order valence-corrected chi connectivity index (χ4v) is 15.8. The SMILES string of the molecule is C1CCN(C2CCNCC2)C1.CC(Oc1cc(-c2ccc(Br)nc2)cnc1N(C(=O)OC(C)(C)C)C(=O)OC(C)(C)C)c1c(Cl)ccc(F)c1Cl.CC(Oc1cc(-c2ccc(Br)nc2)cnc1N)c1c(Cl)ccc(F)c1Cl.CC(Oc1cc(-c2ccc(N3CCC(N4CCCC4)CC3)nc2)cnc1N)c1c(Cl)ccc(F)c1Cl. The van der Waals surface area contributed by atoms with Crippen molar-refractivity contribution < 1.29 is 46.4 Å². The summed E-state index contributed by atoms with van der Waals surface area (Å²) in [4.78, 5) is 61.0. The van der Waals surface area contributed by atoms with Crippen LogP contribution < -0.4 is 40.8 Å². The Morgan fingerprint density at radius 1 is 0.469 bits per heavy atom. The number of aromatic nitrogens is 6. The molecule has 20 nitrogen and oxygen atoms in total. The summed E-state index contributed by atoms with van der Waals surface area (Å²) in [5.74, 6) is 0.0675. The van der Waals surface area contributed by atoms with Crippen LogP contribution in [0.4, 0.5) is 46.0 Å². The molecule has 10 heterocycles. The van der Waals surface area contributed by atoms with Gasteiger partial charge in [-0.3, -0.25) is 0 Å². The Bertz CT molecular complexity index is 4720. The number of rotatable bonds is 16. The highest BCUT2D eigenvalue weighted by Gasteiger charge is 2.37. The fourth-order valence-electron chi connectivity index (χ4n) is 13.3. The molecule has 4 aliphatic heterocycles. The van der Waals surface area contributed by atoms with Gasteiger partial charge in [0.05, 0.1) is 15.1 Å². The number of imide groups is 1. The first kappa shape index (κ1) is 87.8. The van der Waals surface area contributed by atoms with Crippen LogP contribution in [0.3, 0.4) is 0 Å². The molecule has 602 valence electrons. The molecule has 3 aromatic carbocycles. The van der Waals surface area contributed by atoms with Crippen molar-refractivity contribution >= 4 is 137 Å². The number of piperidine rings is 2. The van der Waals surface area contributed by atoms with Gasteiger partial charge >= 0.3 is 12.2 Å². The number of nitrogens with one attached hydrogen (secondary N) is 1. The molecular weight excluding hydrogens is 1710 g/mol. The number of hydrogen-bond acceptors (Lipinski definition) is 19. The Kier molecular flexibility index (Phi) is 31.0. The van der Waals surface area contributed by atoms with Crippen LogP contribution in [0.25, 0.3) is 33.4 Å². The molecule has 0 saturated carbocycles. The lowest BCUT2D eigenvalue weighted by atomic mass is 10.0. The van der Waals surface area contributed by atoms with Gasteiger partial charge in [0.2, 0.25) is 0 Å². The Morgan fingerprint density at radius 3 is 1.18 bits per heavy atom. The molecule has 0 aliphatic carbocycles. The number of nitrogens with zero attached hydrogens (tertiary/aromatic N) is 10. The van der Waals surface area contributed by atoms with Crippen molar-refractivity contribution in [3.63, 3.8) is 0 Å². The first-order valence-electron chi connectivity index (χ1n) is 37.0. The van der Waals surface area contributed by atoms with Crippen molar-refractivity contribution in [1.82, 2.24) is 45.0 Å². The van der Waals surface area contributed by atoms with E-state index < -0.39 is 59.2 Å². The maximum absolute atomic E-state index is 14.3. The zero-order valence-corrected chi connectivity index (χ0v) is 71.7. The van der Waals surface area contributed by atoms with Gasteiger partial charge in [-0.05, 0) is 264 Å². The molecular formula is C82H90Br2Cl6F3N13O7. The van der Waals surface area contributed by atoms with Crippen molar-refractivity contribution in [3.05, 3.63) is 202 Å². The molecule has 0 spiro atoms. The molecule has 3 unspecified atom stereocenters. The number of anilines is 4. The van der Waals surface area contributed by atoms with Crippen LogP contribution >= 0.6 is 101 Å². The molecule has 6 aromatic heterocycles. The van der Waals surface area contributed by atoms with E-state index in [9.17, 15) is 22.8 Å². The smallest absolute Gasteiger partial charge is 0.425 e. The van der Waals surface area contributed by atoms with Crippen molar-refractivity contribution in [2.75, 3.05) is 73.6 Å². The summed E-state index contributed by atoms with van der Waals surface area (Å²) in [5, 5.41) is 3.84. The second-order valence-electron chi connectivity index (χ2n) is 29.4. The summed E-state index contributed by atoms with van der Waals surface area (Å²) in [5.41, 5.74) is 15.6. The van der Waals surface area contributed by atoms with Crippen molar-refractivity contribution in [1.29, 1.82) is 0 Å². The molecule has 31 heteroatoms. The van der Waals surface area contributed by atoms with E-state index in [1.54, 1.807) is 117 Å². The van der Waals surface area contributed by atoms with Crippen molar-refractivity contribution in [2.24, 2.45) is 0 Å². The number of carbonyl (C=O) groups is 2. The average Bonchev–Trinajstić information content (AvgIpc) is 1.51. The number of benzene rings is 3. The number of halogens is 11. The standard InChI is InChI=1S/C28H29BrCl2FN3O5.C27H30Cl2FN5O.C18H13BrCl2FN3O.C9H18N2/c1-15(22-18(30)9-10-19(32)23(22)31)38-20-12-17(16-8-11-21(29)33-13-16)14-34-24(20)35(25(36)39-27(2,3)4)26(37)40-28(5,6)7;1-17(25-21(28)5-6-22(30)26(25)29)36-23-14-19(16-33-27(23)31)18-4-7-24(32-15-18)35-12-8-20(9-13-35)34-10-2-3-11-34;1-9(16-12(20)3-4-13(22)17(16)21)26-14-6-11(8-25-18(14)23)10-2-5-15(19)24-7-10;1-2-8-11(7-1)9-3-5-10-6-4-9/h8-15H,1-7H3;4-7,14-17,20H,2-3,8-13H2,1H3,(H2,31,33);2-9H,1H3,(H2,23,25);9-10H,1-8H2. The first-order valence-corrected chi connectivity index (χ1v) is 40.9. The Morgan fingerprint density at radius 2 is 0.814 bits per heavy atom. The minimum Gasteiger partial charge on any atom is -0.482 e. The summed E-state index contributed by atoms with van der Waals surface area (Å²) in [6.45, 7) is 24.7. The van der Waals surface area contributed by atoms with E-state index in [0.717, 1.165) is 57.9 Å². The second kappa shape index (κ2) is 39.9. The van der Waals surface area contributed by atoms with Gasteiger partial charge in [0, 0.05) is 127 Å². The van der Waals surface area contributed by atoms with E-state index in [4.69, 9.17) is 110 Å². The van der Waals surface area contributed by atoms with E-state index in [-0.39, 0.29) is 48.9 Å². The van der Waals surface area contributed by atoms with Crippen LogP contribution in [-0.4, -0.2) is 128 Å². The zero-order valence-electron chi connectivity index (χ0n) is 64.0. The maximum atomic E-state index is 14.3. The molecule has 113 heavy (non-hydrogen) atoms. The monoisotopic (exact) mass is 1790 g/mol. The van der Waals surface area contributed by atoms with E-state index >= 15 is 0 Å². The van der Waals surface area contributed by atoms with E-state index in [2.05, 4.69) is 82.9 Å². The Hall–Kier alpha value is -7.53. The van der Waals surface area contributed by atoms with Gasteiger partial charge in [0.25, 0.3) is 0 Å². The summed E-state index contributed by atoms with van der Waals surface area (Å²) in [7, 11) is 0. The number of carbonyl (C=O) groups excluding carboxylic acids is 2. The topological polar surface area (TPSA) is 235 Å². The summed E-state index contributed by atoms with van der Waals surface area (Å²) >= 11 is 43.8. The molecule has 0 bridgehead atoms. The largest absolute Gasteiger partial charge is 0.482 e. The number of amides is 2. The molecule has 4 saturated heterocycles. The molecule has 9 aromatic rings. The third kappa shape index (κ3) is 23.8. The highest BCUT2D eigenvalue weighted by atomic mass is 79.9. The summed E-state index contributed by atoms with van der Waals surface area (Å²) in [6.07, 6.45) is 16.3. The second-order valence-corrected chi connectivity index (χ2v) is 33.4. The molecule has 0 radical (unpaired) electrons. The van der Waals surface area contributed by atoms with Gasteiger partial charge < -0.3 is 55.2 Å². The molecule has 5 N–H and O–H groups in total.